The summed E-state index contributed by atoms with van der Waals surface area (Å²) in [6.07, 6.45) is -0.846. The smallest absolute Gasteiger partial charge is 0.260 e. The normalized spacial score (nSPS) is 15.1. The molecule has 0 spiro atoms. The number of nitrogens with zero attached hydrogens (tertiary/aromatic N) is 1. The number of carbonyl (C=O) groups excluding carboxylic acids is 3. The van der Waals surface area contributed by atoms with Crippen molar-refractivity contribution in [2.75, 3.05) is 29.9 Å². The molecule has 3 amide bonds. The quantitative estimate of drug-likeness (QED) is 0.605. The summed E-state index contributed by atoms with van der Waals surface area (Å²) in [6.45, 7) is 1.84. The maximum Gasteiger partial charge on any atom is 0.260 e. The highest BCUT2D eigenvalue weighted by Gasteiger charge is 2.30. The van der Waals surface area contributed by atoms with Crippen molar-refractivity contribution in [3.63, 3.8) is 0 Å². The Hall–Kier alpha value is -3.07. The minimum absolute atomic E-state index is 0.0330. The van der Waals surface area contributed by atoms with Gasteiger partial charge in [0.15, 0.2) is 6.10 Å². The second-order valence-electron chi connectivity index (χ2n) is 6.64. The number of para-hydroxylation sites is 2. The fourth-order valence-corrected chi connectivity index (χ4v) is 3.45. The maximum atomic E-state index is 12.4. The van der Waals surface area contributed by atoms with E-state index in [1.54, 1.807) is 29.2 Å². The van der Waals surface area contributed by atoms with E-state index in [1.165, 1.54) is 0 Å². The molecular formula is C20H21BrN4O4. The highest BCUT2D eigenvalue weighted by atomic mass is 79.9. The molecule has 0 saturated heterocycles. The molecule has 2 aromatic rings. The molecular weight excluding hydrogens is 440 g/mol. The molecule has 0 saturated carbocycles. The zero-order valence-corrected chi connectivity index (χ0v) is 17.4. The number of amides is 3. The molecule has 29 heavy (non-hydrogen) atoms. The number of rotatable bonds is 6. The first-order chi connectivity index (χ1) is 13.8. The van der Waals surface area contributed by atoms with Gasteiger partial charge in [0, 0.05) is 10.2 Å². The first-order valence-corrected chi connectivity index (χ1v) is 9.75. The van der Waals surface area contributed by atoms with Crippen molar-refractivity contribution >= 4 is 45.0 Å². The Morgan fingerprint density at radius 2 is 1.97 bits per heavy atom. The third-order valence-corrected chi connectivity index (χ3v) is 4.92. The van der Waals surface area contributed by atoms with Gasteiger partial charge in [-0.25, -0.2) is 0 Å². The van der Waals surface area contributed by atoms with Gasteiger partial charge in [0.2, 0.25) is 11.8 Å². The van der Waals surface area contributed by atoms with Gasteiger partial charge in [0.05, 0.1) is 25.3 Å². The highest BCUT2D eigenvalue weighted by molar-refractivity contribution is 9.10. The minimum Gasteiger partial charge on any atom is -0.477 e. The number of carbonyl (C=O) groups is 3. The maximum absolute atomic E-state index is 12.4. The van der Waals surface area contributed by atoms with Crippen molar-refractivity contribution < 1.29 is 19.1 Å². The van der Waals surface area contributed by atoms with Gasteiger partial charge in [-0.1, -0.05) is 28.1 Å². The number of anilines is 2. The summed E-state index contributed by atoms with van der Waals surface area (Å²) in [4.78, 5) is 37.8. The molecule has 2 aromatic carbocycles. The van der Waals surface area contributed by atoms with Crippen LogP contribution >= 0.6 is 15.9 Å². The molecule has 4 N–H and O–H groups in total. The van der Waals surface area contributed by atoms with Crippen molar-refractivity contribution in [2.45, 2.75) is 13.0 Å². The molecule has 1 atom stereocenters. The molecule has 1 unspecified atom stereocenters. The summed E-state index contributed by atoms with van der Waals surface area (Å²) < 4.78 is 6.49. The zero-order chi connectivity index (χ0) is 21.0. The fourth-order valence-electron chi connectivity index (χ4n) is 2.97. The van der Waals surface area contributed by atoms with Crippen molar-refractivity contribution in [1.29, 1.82) is 0 Å². The van der Waals surface area contributed by atoms with E-state index in [2.05, 4.69) is 26.6 Å². The zero-order valence-electron chi connectivity index (χ0n) is 15.8. The Bertz CT molecular complexity index is 950. The van der Waals surface area contributed by atoms with Gasteiger partial charge in [-0.05, 0) is 42.8 Å². The Kier molecular flexibility index (Phi) is 6.38. The van der Waals surface area contributed by atoms with Crippen LogP contribution in [0.1, 0.15) is 5.56 Å². The van der Waals surface area contributed by atoms with Gasteiger partial charge >= 0.3 is 0 Å². The van der Waals surface area contributed by atoms with Gasteiger partial charge in [-0.15, -0.1) is 0 Å². The van der Waals surface area contributed by atoms with Gasteiger partial charge in [0.1, 0.15) is 5.75 Å². The summed E-state index contributed by atoms with van der Waals surface area (Å²) in [7, 11) is 0. The van der Waals surface area contributed by atoms with Crippen LogP contribution in [0.25, 0.3) is 0 Å². The second kappa shape index (κ2) is 8.95. The lowest BCUT2D eigenvalue weighted by atomic mass is 10.2. The highest BCUT2D eigenvalue weighted by Crippen LogP contribution is 2.32. The van der Waals surface area contributed by atoms with Crippen LogP contribution in [-0.2, 0) is 14.4 Å². The molecule has 3 rings (SSSR count). The Labute approximate surface area is 176 Å². The van der Waals surface area contributed by atoms with Crippen molar-refractivity contribution in [2.24, 2.45) is 5.73 Å². The van der Waals surface area contributed by atoms with Crippen molar-refractivity contribution in [3.8, 4) is 5.75 Å². The van der Waals surface area contributed by atoms with E-state index in [0.29, 0.717) is 17.1 Å². The largest absolute Gasteiger partial charge is 0.477 e. The van der Waals surface area contributed by atoms with E-state index >= 15 is 0 Å². The number of primary amides is 1. The molecule has 9 heteroatoms. The number of ether oxygens (including phenoxy) is 1. The molecule has 8 nitrogen and oxygen atoms in total. The van der Waals surface area contributed by atoms with Gasteiger partial charge in [0.25, 0.3) is 5.91 Å². The third-order valence-electron chi connectivity index (χ3n) is 4.42. The SMILES string of the molecule is Cc1cc(Br)ccc1NC(=O)CNC(=O)CN1CC(C(N)=O)Oc2ccccc21. The molecule has 0 radical (unpaired) electrons. The van der Waals surface area contributed by atoms with E-state index < -0.39 is 12.0 Å². The van der Waals surface area contributed by atoms with Crippen LogP contribution in [-0.4, -0.2) is 43.5 Å². The van der Waals surface area contributed by atoms with Gasteiger partial charge in [-0.2, -0.15) is 0 Å². The molecule has 0 aliphatic carbocycles. The van der Waals surface area contributed by atoms with E-state index in [0.717, 1.165) is 10.0 Å². The van der Waals surface area contributed by atoms with Crippen LogP contribution in [0.2, 0.25) is 0 Å². The molecule has 1 heterocycles. The minimum atomic E-state index is -0.846. The van der Waals surface area contributed by atoms with E-state index in [1.807, 2.05) is 25.1 Å². The van der Waals surface area contributed by atoms with E-state index in [9.17, 15) is 14.4 Å². The van der Waals surface area contributed by atoms with Crippen LogP contribution < -0.4 is 26.0 Å². The monoisotopic (exact) mass is 460 g/mol. The Morgan fingerprint density at radius 3 is 2.69 bits per heavy atom. The van der Waals surface area contributed by atoms with E-state index in [-0.39, 0.29) is 31.4 Å². The lowest BCUT2D eigenvalue weighted by Crippen LogP contribution is -2.50. The first kappa shape index (κ1) is 20.7. The average molecular weight is 461 g/mol. The molecule has 1 aliphatic heterocycles. The standard InChI is InChI=1S/C20H21BrN4O4/c1-12-8-13(21)6-7-14(12)24-18(26)9-23-19(27)11-25-10-17(20(22)28)29-16-5-3-2-4-15(16)25/h2-8,17H,9-11H2,1H3,(H2,22,28)(H,23,27)(H,24,26). The summed E-state index contributed by atoms with van der Waals surface area (Å²) in [6, 6.07) is 12.6. The van der Waals surface area contributed by atoms with Crippen LogP contribution in [0.3, 0.4) is 0 Å². The lowest BCUT2D eigenvalue weighted by Gasteiger charge is -2.34. The van der Waals surface area contributed by atoms with E-state index in [4.69, 9.17) is 10.5 Å². The predicted molar refractivity (Wildman–Crippen MR) is 113 cm³/mol. The summed E-state index contributed by atoms with van der Waals surface area (Å²) in [5.74, 6) is -0.804. The average Bonchev–Trinajstić information content (AvgIpc) is 2.68. The Balaban J connectivity index is 1.57. The third kappa shape index (κ3) is 5.26. The van der Waals surface area contributed by atoms with Crippen molar-refractivity contribution in [1.82, 2.24) is 5.32 Å². The summed E-state index contributed by atoms with van der Waals surface area (Å²) in [5, 5.41) is 5.36. The van der Waals surface area contributed by atoms with Crippen LogP contribution in [0.15, 0.2) is 46.9 Å². The van der Waals surface area contributed by atoms with Crippen LogP contribution in [0, 0.1) is 6.92 Å². The van der Waals surface area contributed by atoms with Crippen LogP contribution in [0.4, 0.5) is 11.4 Å². The number of nitrogens with one attached hydrogen (secondary N) is 2. The first-order valence-electron chi connectivity index (χ1n) is 8.96. The molecule has 152 valence electrons. The second-order valence-corrected chi connectivity index (χ2v) is 7.56. The number of benzene rings is 2. The van der Waals surface area contributed by atoms with Crippen LogP contribution in [0.5, 0.6) is 5.75 Å². The molecule has 0 fully saturated rings. The number of hydrogen-bond acceptors (Lipinski definition) is 5. The number of halogens is 1. The number of aryl methyl sites for hydroxylation is 1. The number of hydrogen-bond donors (Lipinski definition) is 3. The topological polar surface area (TPSA) is 114 Å². The summed E-state index contributed by atoms with van der Waals surface area (Å²) >= 11 is 3.37. The molecule has 0 bridgehead atoms. The Morgan fingerprint density at radius 1 is 1.21 bits per heavy atom. The molecule has 1 aliphatic rings. The fraction of sp³-hybridized carbons (Fsp3) is 0.250. The lowest BCUT2D eigenvalue weighted by molar-refractivity contribution is -0.125. The van der Waals surface area contributed by atoms with Gasteiger partial charge in [-0.3, -0.25) is 14.4 Å². The van der Waals surface area contributed by atoms with Gasteiger partial charge < -0.3 is 26.0 Å². The molecule has 0 aromatic heterocycles. The number of nitrogens with two attached hydrogens (primary N) is 1. The van der Waals surface area contributed by atoms with Crippen molar-refractivity contribution in [3.05, 3.63) is 52.5 Å². The predicted octanol–water partition coefficient (Wildman–Crippen LogP) is 1.57. The number of fused-ring (bicyclic) bond motifs is 1. The summed E-state index contributed by atoms with van der Waals surface area (Å²) in [5.41, 5.74) is 7.64.